The van der Waals surface area contributed by atoms with Crippen LogP contribution in [0.25, 0.3) is 0 Å². The standard InChI is InChI=1S/C26H38.ClH/c1-5-6-7-8-9-10-17-22-26(25(2,3)4,23-18-13-11-14-19-23)24-20-15-12-16-21-24;/h11-16,18-21H,5-10,17,22H2,1-4H3;1H. The van der Waals surface area contributed by atoms with E-state index in [2.05, 4.69) is 88.4 Å². The highest BCUT2D eigenvalue weighted by molar-refractivity contribution is 5.85. The van der Waals surface area contributed by atoms with Crippen LogP contribution in [0.2, 0.25) is 0 Å². The molecule has 150 valence electrons. The van der Waals surface area contributed by atoms with Crippen LogP contribution >= 0.6 is 12.4 Å². The highest BCUT2D eigenvalue weighted by Gasteiger charge is 2.44. The third kappa shape index (κ3) is 6.11. The van der Waals surface area contributed by atoms with Gasteiger partial charge in [-0.3, -0.25) is 0 Å². The van der Waals surface area contributed by atoms with Crippen LogP contribution in [0.15, 0.2) is 60.7 Å². The van der Waals surface area contributed by atoms with Crippen molar-refractivity contribution in [1.82, 2.24) is 0 Å². The van der Waals surface area contributed by atoms with Crippen molar-refractivity contribution < 1.29 is 0 Å². The van der Waals surface area contributed by atoms with Crippen LogP contribution in [0, 0.1) is 5.41 Å². The highest BCUT2D eigenvalue weighted by Crippen LogP contribution is 2.50. The van der Waals surface area contributed by atoms with E-state index >= 15 is 0 Å². The molecule has 2 aromatic carbocycles. The predicted octanol–water partition coefficient (Wildman–Crippen LogP) is 8.58. The second kappa shape index (κ2) is 11.5. The van der Waals surface area contributed by atoms with Gasteiger partial charge in [0.2, 0.25) is 0 Å². The lowest BCUT2D eigenvalue weighted by molar-refractivity contribution is 0.207. The van der Waals surface area contributed by atoms with Crippen molar-refractivity contribution in [2.45, 2.75) is 84.5 Å². The lowest BCUT2D eigenvalue weighted by Gasteiger charge is -2.46. The van der Waals surface area contributed by atoms with Gasteiger partial charge in [-0.15, -0.1) is 12.4 Å². The van der Waals surface area contributed by atoms with Gasteiger partial charge in [-0.05, 0) is 23.0 Å². The summed E-state index contributed by atoms with van der Waals surface area (Å²) in [6.45, 7) is 9.52. The molecule has 0 aliphatic heterocycles. The molecular weight excluding hydrogens is 348 g/mol. The number of hydrogen-bond acceptors (Lipinski definition) is 0. The normalized spacial score (nSPS) is 11.9. The van der Waals surface area contributed by atoms with Gasteiger partial charge in [-0.2, -0.15) is 0 Å². The molecule has 0 N–H and O–H groups in total. The van der Waals surface area contributed by atoms with Gasteiger partial charge in [0.25, 0.3) is 0 Å². The molecule has 0 radical (unpaired) electrons. The fraction of sp³-hybridized carbons (Fsp3) is 0.538. The van der Waals surface area contributed by atoms with Gasteiger partial charge < -0.3 is 0 Å². The molecule has 0 spiro atoms. The van der Waals surface area contributed by atoms with Crippen LogP contribution < -0.4 is 0 Å². The fourth-order valence-electron chi connectivity index (χ4n) is 4.49. The smallest absolute Gasteiger partial charge is 0.0251 e. The zero-order valence-electron chi connectivity index (χ0n) is 17.8. The molecule has 0 saturated carbocycles. The molecule has 1 heteroatoms. The van der Waals surface area contributed by atoms with E-state index in [1.165, 1.54) is 62.5 Å². The molecule has 0 atom stereocenters. The molecule has 0 nitrogen and oxygen atoms in total. The summed E-state index contributed by atoms with van der Waals surface area (Å²) in [4.78, 5) is 0. The molecule has 0 aliphatic carbocycles. The summed E-state index contributed by atoms with van der Waals surface area (Å²) in [5, 5.41) is 0. The van der Waals surface area contributed by atoms with E-state index in [0.29, 0.717) is 0 Å². The molecular formula is C26H39Cl. The predicted molar refractivity (Wildman–Crippen MR) is 123 cm³/mol. The SMILES string of the molecule is CCCCCCCCCC(c1ccccc1)(c1ccccc1)C(C)(C)C.Cl. The summed E-state index contributed by atoms with van der Waals surface area (Å²) >= 11 is 0. The third-order valence-corrected chi connectivity index (χ3v) is 5.97. The first-order chi connectivity index (χ1) is 12.5. The van der Waals surface area contributed by atoms with Gasteiger partial charge >= 0.3 is 0 Å². The first kappa shape index (κ1) is 23.8. The number of halogens is 1. The van der Waals surface area contributed by atoms with E-state index in [1.807, 2.05) is 0 Å². The highest BCUT2D eigenvalue weighted by atomic mass is 35.5. The van der Waals surface area contributed by atoms with Gasteiger partial charge in [-0.1, -0.05) is 133 Å². The fourth-order valence-corrected chi connectivity index (χ4v) is 4.49. The largest absolute Gasteiger partial charge is 0.147 e. The van der Waals surface area contributed by atoms with E-state index in [1.54, 1.807) is 0 Å². The van der Waals surface area contributed by atoms with Crippen molar-refractivity contribution in [2.24, 2.45) is 5.41 Å². The molecule has 0 heterocycles. The minimum absolute atomic E-state index is 0. The van der Waals surface area contributed by atoms with Crippen LogP contribution in [0.1, 0.15) is 90.2 Å². The van der Waals surface area contributed by atoms with Crippen LogP contribution in [0.4, 0.5) is 0 Å². The molecule has 0 aromatic heterocycles. The van der Waals surface area contributed by atoms with Crippen LogP contribution in [0.3, 0.4) is 0 Å². The Labute approximate surface area is 174 Å². The van der Waals surface area contributed by atoms with Crippen molar-refractivity contribution in [3.8, 4) is 0 Å². The third-order valence-electron chi connectivity index (χ3n) is 5.97. The quantitative estimate of drug-likeness (QED) is 0.358. The number of benzene rings is 2. The van der Waals surface area contributed by atoms with Crippen molar-refractivity contribution >= 4 is 12.4 Å². The Bertz CT molecular complexity index is 570. The lowest BCUT2D eigenvalue weighted by Crippen LogP contribution is -2.41. The topological polar surface area (TPSA) is 0 Å². The van der Waals surface area contributed by atoms with Gasteiger partial charge in [0.15, 0.2) is 0 Å². The molecule has 0 bridgehead atoms. The Morgan fingerprint density at radius 1 is 0.593 bits per heavy atom. The minimum Gasteiger partial charge on any atom is -0.147 e. The Morgan fingerprint density at radius 2 is 1.00 bits per heavy atom. The summed E-state index contributed by atoms with van der Waals surface area (Å²) in [7, 11) is 0. The van der Waals surface area contributed by atoms with Crippen molar-refractivity contribution in [2.75, 3.05) is 0 Å². The maximum Gasteiger partial charge on any atom is 0.0251 e. The maximum absolute atomic E-state index is 2.41. The summed E-state index contributed by atoms with van der Waals surface area (Å²) in [5.74, 6) is 0. The molecule has 0 amide bonds. The van der Waals surface area contributed by atoms with Crippen molar-refractivity contribution in [1.29, 1.82) is 0 Å². The van der Waals surface area contributed by atoms with Crippen molar-refractivity contribution in [3.63, 3.8) is 0 Å². The summed E-state index contributed by atoms with van der Waals surface area (Å²) < 4.78 is 0. The Hall–Kier alpha value is -1.27. The maximum atomic E-state index is 2.41. The lowest BCUT2D eigenvalue weighted by atomic mass is 9.57. The molecule has 0 aliphatic rings. The molecule has 2 rings (SSSR count). The molecule has 0 saturated heterocycles. The summed E-state index contributed by atoms with van der Waals surface area (Å²) in [6, 6.07) is 22.4. The van der Waals surface area contributed by atoms with Crippen LogP contribution in [-0.2, 0) is 5.41 Å². The Balaban J connectivity index is 0.00000364. The average Bonchev–Trinajstić information content (AvgIpc) is 2.64. The number of rotatable bonds is 10. The van der Waals surface area contributed by atoms with E-state index in [-0.39, 0.29) is 23.2 Å². The first-order valence-corrected chi connectivity index (χ1v) is 10.6. The van der Waals surface area contributed by atoms with Gasteiger partial charge in [0.05, 0.1) is 0 Å². The second-order valence-electron chi connectivity index (χ2n) is 8.76. The summed E-state index contributed by atoms with van der Waals surface area (Å²) in [6.07, 6.45) is 10.8. The van der Waals surface area contributed by atoms with Gasteiger partial charge in [0, 0.05) is 5.41 Å². The zero-order chi connectivity index (χ0) is 18.9. The molecule has 2 aromatic rings. The van der Waals surface area contributed by atoms with Gasteiger partial charge in [-0.25, -0.2) is 0 Å². The van der Waals surface area contributed by atoms with Crippen LogP contribution in [-0.4, -0.2) is 0 Å². The summed E-state index contributed by atoms with van der Waals surface area (Å²) in [5.41, 5.74) is 3.16. The van der Waals surface area contributed by atoms with Crippen molar-refractivity contribution in [3.05, 3.63) is 71.8 Å². The van der Waals surface area contributed by atoms with E-state index in [4.69, 9.17) is 0 Å². The minimum atomic E-state index is 0. The number of hydrogen-bond donors (Lipinski definition) is 0. The molecule has 0 fully saturated rings. The number of unbranched alkanes of at least 4 members (excludes halogenated alkanes) is 6. The van der Waals surface area contributed by atoms with E-state index in [0.717, 1.165) is 0 Å². The van der Waals surface area contributed by atoms with E-state index in [9.17, 15) is 0 Å². The molecule has 0 unspecified atom stereocenters. The van der Waals surface area contributed by atoms with Gasteiger partial charge in [0.1, 0.15) is 0 Å². The average molecular weight is 387 g/mol. The Kier molecular flexibility index (Phi) is 10.2. The van der Waals surface area contributed by atoms with E-state index < -0.39 is 0 Å². The second-order valence-corrected chi connectivity index (χ2v) is 8.76. The molecule has 27 heavy (non-hydrogen) atoms. The monoisotopic (exact) mass is 386 g/mol. The Morgan fingerprint density at radius 3 is 1.41 bits per heavy atom. The van der Waals surface area contributed by atoms with Crippen LogP contribution in [0.5, 0.6) is 0 Å². The first-order valence-electron chi connectivity index (χ1n) is 10.6. The zero-order valence-corrected chi connectivity index (χ0v) is 18.7.